The largest absolute Gasteiger partial charge is 0.493 e. The maximum absolute atomic E-state index is 13.8. The third-order valence-electron chi connectivity index (χ3n) is 4.54. The van der Waals surface area contributed by atoms with Gasteiger partial charge < -0.3 is 14.7 Å². The predicted molar refractivity (Wildman–Crippen MR) is 96.0 cm³/mol. The van der Waals surface area contributed by atoms with Crippen molar-refractivity contribution in [1.29, 1.82) is 0 Å². The molecule has 1 heterocycles. The molecule has 0 unspecified atom stereocenters. The van der Waals surface area contributed by atoms with Gasteiger partial charge in [-0.05, 0) is 42.8 Å². The summed E-state index contributed by atoms with van der Waals surface area (Å²) in [4.78, 5) is 12.9. The minimum atomic E-state index is -2.94. The number of nitrogens with zero attached hydrogens (tertiary/aromatic N) is 1. The van der Waals surface area contributed by atoms with Gasteiger partial charge in [0.1, 0.15) is 5.75 Å². The van der Waals surface area contributed by atoms with E-state index in [-0.39, 0.29) is 11.5 Å². The number of rotatable bonds is 6. The Hall–Kier alpha value is -2.63. The Morgan fingerprint density at radius 1 is 1.27 bits per heavy atom. The molecule has 0 aliphatic carbocycles. The molecule has 1 N–H and O–H groups in total. The first-order valence-corrected chi connectivity index (χ1v) is 8.53. The summed E-state index contributed by atoms with van der Waals surface area (Å²) in [5.41, 5.74) is 2.16. The lowest BCUT2D eigenvalue weighted by Gasteiger charge is -2.38. The number of hydrogen-bond acceptors (Lipinski definition) is 3. The van der Waals surface area contributed by atoms with Crippen LogP contribution in [0, 0.1) is 5.92 Å². The first kappa shape index (κ1) is 18.2. The van der Waals surface area contributed by atoms with E-state index in [9.17, 15) is 13.6 Å². The van der Waals surface area contributed by atoms with Crippen LogP contribution in [0.1, 0.15) is 19.4 Å². The number of alkyl halides is 2. The molecule has 1 fully saturated rings. The average Bonchev–Trinajstić information content (AvgIpc) is 2.53. The molecule has 0 aromatic heterocycles. The highest BCUT2D eigenvalue weighted by Crippen LogP contribution is 2.38. The molecule has 6 heteroatoms. The van der Waals surface area contributed by atoms with Crippen molar-refractivity contribution >= 4 is 11.7 Å². The fourth-order valence-electron chi connectivity index (χ4n) is 3.03. The summed E-state index contributed by atoms with van der Waals surface area (Å²) in [5.74, 6) is -3.55. The average molecular weight is 361 g/mol. The number of ether oxygens (including phenoxy) is 1. The number of anilines is 1. The molecule has 2 aromatic carbocycles. The van der Waals surface area contributed by atoms with Crippen molar-refractivity contribution in [2.24, 2.45) is 5.92 Å². The summed E-state index contributed by atoms with van der Waals surface area (Å²) >= 11 is 0. The molecule has 3 rings (SSSR count). The van der Waals surface area contributed by atoms with Gasteiger partial charge in [0.15, 0.2) is 0 Å². The van der Waals surface area contributed by atoms with Crippen molar-refractivity contribution in [1.82, 2.24) is 0 Å². The Morgan fingerprint density at radius 2 is 2.00 bits per heavy atom. The van der Waals surface area contributed by atoms with E-state index in [1.54, 1.807) is 6.07 Å². The highest BCUT2D eigenvalue weighted by atomic mass is 19.3. The smallest absolute Gasteiger partial charge is 0.310 e. The quantitative estimate of drug-likeness (QED) is 0.829. The molecule has 138 valence electrons. The molecular weight excluding hydrogens is 340 g/mol. The number of carboxylic acid groups (broad SMARTS) is 1. The molecule has 1 aliphatic heterocycles. The monoisotopic (exact) mass is 361 g/mol. The molecule has 2 aromatic rings. The van der Waals surface area contributed by atoms with Gasteiger partial charge in [0.05, 0.1) is 12.5 Å². The third kappa shape index (κ3) is 3.64. The Labute approximate surface area is 151 Å². The molecule has 0 amide bonds. The third-order valence-corrected chi connectivity index (χ3v) is 4.54. The first-order valence-electron chi connectivity index (χ1n) is 8.53. The minimum Gasteiger partial charge on any atom is -0.493 e. The number of hydrogen-bond donors (Lipinski definition) is 1. The highest BCUT2D eigenvalue weighted by molar-refractivity contribution is 5.77. The summed E-state index contributed by atoms with van der Waals surface area (Å²) in [6, 6.07) is 11.9. The maximum atomic E-state index is 13.8. The molecule has 4 nitrogen and oxygen atoms in total. The van der Waals surface area contributed by atoms with E-state index in [4.69, 9.17) is 9.84 Å². The van der Waals surface area contributed by atoms with Gasteiger partial charge in [0, 0.05) is 36.8 Å². The standard InChI is InChI=1S/C20H21F2NO3/c1-3-26-18-8-7-15(20(2,21)22)10-17(18)13-5-4-6-16(9-13)23-11-14(12-23)19(24)25/h4-10,14H,3,11-12H2,1-2H3,(H,24,25). The van der Waals surface area contributed by atoms with Gasteiger partial charge in [-0.1, -0.05) is 12.1 Å². The van der Waals surface area contributed by atoms with E-state index in [1.807, 2.05) is 36.1 Å². The maximum Gasteiger partial charge on any atom is 0.310 e. The zero-order valence-corrected chi connectivity index (χ0v) is 14.7. The van der Waals surface area contributed by atoms with Crippen LogP contribution >= 0.6 is 0 Å². The van der Waals surface area contributed by atoms with Crippen LogP contribution in [0.2, 0.25) is 0 Å². The zero-order valence-electron chi connectivity index (χ0n) is 14.7. The van der Waals surface area contributed by atoms with Crippen molar-refractivity contribution in [2.45, 2.75) is 19.8 Å². The van der Waals surface area contributed by atoms with Gasteiger partial charge >= 0.3 is 5.97 Å². The summed E-state index contributed by atoms with van der Waals surface area (Å²) in [6.45, 7) is 4.04. The number of aliphatic carboxylic acids is 1. The molecule has 0 radical (unpaired) electrons. The van der Waals surface area contributed by atoms with Crippen molar-refractivity contribution in [3.8, 4) is 16.9 Å². The van der Waals surface area contributed by atoms with E-state index < -0.39 is 11.9 Å². The highest BCUT2D eigenvalue weighted by Gasteiger charge is 2.32. The summed E-state index contributed by atoms with van der Waals surface area (Å²) in [6.07, 6.45) is 0. The van der Waals surface area contributed by atoms with Gasteiger partial charge in [-0.3, -0.25) is 4.79 Å². The van der Waals surface area contributed by atoms with Gasteiger partial charge in [0.25, 0.3) is 5.92 Å². The van der Waals surface area contributed by atoms with Crippen LogP contribution in [-0.4, -0.2) is 30.8 Å². The van der Waals surface area contributed by atoms with Crippen LogP contribution in [0.5, 0.6) is 5.75 Å². The van der Waals surface area contributed by atoms with E-state index in [2.05, 4.69) is 0 Å². The first-order chi connectivity index (χ1) is 12.3. The fraction of sp³-hybridized carbons (Fsp3) is 0.350. The van der Waals surface area contributed by atoms with Crippen LogP contribution in [-0.2, 0) is 10.7 Å². The van der Waals surface area contributed by atoms with Crippen molar-refractivity contribution in [3.63, 3.8) is 0 Å². The number of carbonyl (C=O) groups is 1. The summed E-state index contributed by atoms with van der Waals surface area (Å²) < 4.78 is 33.1. The molecule has 0 atom stereocenters. The van der Waals surface area contributed by atoms with Crippen LogP contribution < -0.4 is 9.64 Å². The van der Waals surface area contributed by atoms with Gasteiger partial charge in [-0.15, -0.1) is 0 Å². The molecule has 1 saturated heterocycles. The lowest BCUT2D eigenvalue weighted by Crippen LogP contribution is -2.50. The summed E-state index contributed by atoms with van der Waals surface area (Å²) in [7, 11) is 0. The molecule has 0 saturated carbocycles. The summed E-state index contributed by atoms with van der Waals surface area (Å²) in [5, 5.41) is 9.02. The predicted octanol–water partition coefficient (Wildman–Crippen LogP) is 4.38. The Bertz CT molecular complexity index is 811. The normalized spacial score (nSPS) is 14.8. The van der Waals surface area contributed by atoms with Crippen molar-refractivity contribution in [3.05, 3.63) is 48.0 Å². The van der Waals surface area contributed by atoms with Crippen molar-refractivity contribution < 1.29 is 23.4 Å². The zero-order chi connectivity index (χ0) is 18.9. The SMILES string of the molecule is CCOc1ccc(C(C)(F)F)cc1-c1cccc(N2CC(C(=O)O)C2)c1. The second kappa shape index (κ2) is 6.94. The van der Waals surface area contributed by atoms with Crippen LogP contribution in [0.15, 0.2) is 42.5 Å². The Balaban J connectivity index is 1.95. The van der Waals surface area contributed by atoms with E-state index >= 15 is 0 Å². The van der Waals surface area contributed by atoms with Gasteiger partial charge in [-0.25, -0.2) is 8.78 Å². The van der Waals surface area contributed by atoms with Crippen LogP contribution in [0.3, 0.4) is 0 Å². The topological polar surface area (TPSA) is 49.8 Å². The van der Waals surface area contributed by atoms with Crippen molar-refractivity contribution in [2.75, 3.05) is 24.6 Å². The van der Waals surface area contributed by atoms with Gasteiger partial charge in [0.2, 0.25) is 0 Å². The van der Waals surface area contributed by atoms with Crippen LogP contribution in [0.25, 0.3) is 11.1 Å². The van der Waals surface area contributed by atoms with E-state index in [1.165, 1.54) is 12.1 Å². The minimum absolute atomic E-state index is 0.0729. The fourth-order valence-corrected chi connectivity index (χ4v) is 3.03. The van der Waals surface area contributed by atoms with Gasteiger partial charge in [-0.2, -0.15) is 0 Å². The lowest BCUT2D eigenvalue weighted by atomic mass is 9.96. The van der Waals surface area contributed by atoms with E-state index in [0.29, 0.717) is 31.0 Å². The lowest BCUT2D eigenvalue weighted by molar-refractivity contribution is -0.142. The Morgan fingerprint density at radius 3 is 2.62 bits per heavy atom. The number of carboxylic acids is 1. The molecular formula is C20H21F2NO3. The number of benzene rings is 2. The molecule has 26 heavy (non-hydrogen) atoms. The second-order valence-electron chi connectivity index (χ2n) is 6.52. The molecule has 0 bridgehead atoms. The second-order valence-corrected chi connectivity index (χ2v) is 6.52. The molecule has 1 aliphatic rings. The van der Waals surface area contributed by atoms with Crippen LogP contribution in [0.4, 0.5) is 14.5 Å². The molecule has 0 spiro atoms. The van der Waals surface area contributed by atoms with E-state index in [0.717, 1.165) is 18.2 Å². The Kier molecular flexibility index (Phi) is 4.85. The number of halogens is 2.